The summed E-state index contributed by atoms with van der Waals surface area (Å²) in [4.78, 5) is 14.2. The molecule has 8 heteroatoms. The predicted octanol–water partition coefficient (Wildman–Crippen LogP) is 5.41. The van der Waals surface area contributed by atoms with Crippen LogP contribution in [0.2, 0.25) is 5.02 Å². The van der Waals surface area contributed by atoms with Gasteiger partial charge in [0.1, 0.15) is 0 Å². The highest BCUT2D eigenvalue weighted by molar-refractivity contribution is 7.18. The molecule has 2 fully saturated rings. The predicted molar refractivity (Wildman–Crippen MR) is 127 cm³/mol. The van der Waals surface area contributed by atoms with E-state index in [1.807, 2.05) is 4.90 Å². The molecule has 1 atom stereocenters. The highest BCUT2D eigenvalue weighted by Gasteiger charge is 2.29. The fourth-order valence-corrected chi connectivity index (χ4v) is 5.72. The number of morpholine rings is 1. The number of carboxylic acid groups (broad SMARTS) is 1. The summed E-state index contributed by atoms with van der Waals surface area (Å²) in [6, 6.07) is 10.9. The Balaban J connectivity index is 1.55. The van der Waals surface area contributed by atoms with Crippen molar-refractivity contribution < 1.29 is 19.0 Å². The van der Waals surface area contributed by atoms with Gasteiger partial charge in [-0.2, -0.15) is 4.39 Å². The third-order valence-electron chi connectivity index (χ3n) is 6.34. The number of fused-ring (bicyclic) bond motifs is 1. The molecule has 168 valence electrons. The number of para-hydroxylation sites is 1. The lowest BCUT2D eigenvalue weighted by Gasteiger charge is -2.37. The van der Waals surface area contributed by atoms with Gasteiger partial charge in [-0.3, -0.25) is 0 Å². The maximum Gasteiger partial charge on any atom is 0.337 e. The van der Waals surface area contributed by atoms with E-state index >= 15 is 4.39 Å². The van der Waals surface area contributed by atoms with Gasteiger partial charge in [-0.05, 0) is 31.0 Å². The molecule has 0 unspecified atom stereocenters. The molecule has 2 N–H and O–H groups in total. The molecule has 1 saturated carbocycles. The Kier molecular flexibility index (Phi) is 6.07. The second-order valence-corrected chi connectivity index (χ2v) is 9.81. The summed E-state index contributed by atoms with van der Waals surface area (Å²) >= 11 is 7.13. The van der Waals surface area contributed by atoms with E-state index in [4.69, 9.17) is 16.3 Å². The number of nitrogens with zero attached hydrogens (tertiary/aromatic N) is 1. The molecule has 5 rings (SSSR count). The van der Waals surface area contributed by atoms with Gasteiger partial charge in [0.2, 0.25) is 0 Å². The minimum atomic E-state index is -1.03. The van der Waals surface area contributed by atoms with E-state index in [1.54, 1.807) is 36.4 Å². The van der Waals surface area contributed by atoms with Crippen LogP contribution in [0.3, 0.4) is 0 Å². The molecule has 1 aliphatic heterocycles. The van der Waals surface area contributed by atoms with Crippen molar-refractivity contribution in [1.29, 1.82) is 0 Å². The number of carbonyl (C=O) groups is 1. The lowest BCUT2D eigenvalue weighted by Crippen LogP contribution is -2.49. The number of benzene rings is 2. The average molecular weight is 475 g/mol. The smallest absolute Gasteiger partial charge is 0.337 e. The van der Waals surface area contributed by atoms with E-state index in [9.17, 15) is 9.90 Å². The SMILES string of the molecule is O=C(O)c1cccc(-c2c(F)sc3cc(Cl)ccc23)c1N1CCO[C@H](CNC2CCC2)C1. The zero-order valence-corrected chi connectivity index (χ0v) is 19.0. The van der Waals surface area contributed by atoms with Crippen molar-refractivity contribution in [2.75, 3.05) is 31.1 Å². The van der Waals surface area contributed by atoms with Gasteiger partial charge >= 0.3 is 5.97 Å². The molecule has 1 aliphatic carbocycles. The fraction of sp³-hybridized carbons (Fsp3) is 0.375. The first-order valence-corrected chi connectivity index (χ1v) is 12.0. The molecule has 2 heterocycles. The van der Waals surface area contributed by atoms with Crippen LogP contribution in [0.1, 0.15) is 29.6 Å². The standard InChI is InChI=1S/C24H24ClFN2O3S/c25-14-7-8-17-20(11-14)32-23(26)21(17)18-5-2-6-19(24(29)30)22(18)28-9-10-31-16(13-28)12-27-15-3-1-4-15/h2,5-8,11,15-16,27H,1,3-4,9-10,12-13H2,(H,29,30)/t16-/m1/s1. The number of ether oxygens (including phenoxy) is 1. The highest BCUT2D eigenvalue weighted by atomic mass is 35.5. The zero-order chi connectivity index (χ0) is 22.2. The molecular weight excluding hydrogens is 451 g/mol. The Labute approximate surface area is 194 Å². The van der Waals surface area contributed by atoms with Gasteiger partial charge in [0.15, 0.2) is 5.13 Å². The highest BCUT2D eigenvalue weighted by Crippen LogP contribution is 2.44. The normalized spacial score (nSPS) is 19.3. The van der Waals surface area contributed by atoms with Gasteiger partial charge in [-0.15, -0.1) is 11.3 Å². The quantitative estimate of drug-likeness (QED) is 0.500. The van der Waals surface area contributed by atoms with Crippen LogP contribution < -0.4 is 10.2 Å². The molecule has 1 aromatic heterocycles. The molecule has 3 aromatic rings. The maximum absolute atomic E-state index is 15.2. The second kappa shape index (κ2) is 8.98. The van der Waals surface area contributed by atoms with E-state index in [1.165, 1.54) is 19.3 Å². The van der Waals surface area contributed by atoms with Gasteiger partial charge < -0.3 is 20.1 Å². The van der Waals surface area contributed by atoms with Crippen LogP contribution in [0.15, 0.2) is 36.4 Å². The summed E-state index contributed by atoms with van der Waals surface area (Å²) in [6.07, 6.45) is 3.59. The van der Waals surface area contributed by atoms with Crippen molar-refractivity contribution in [2.24, 2.45) is 0 Å². The number of anilines is 1. The van der Waals surface area contributed by atoms with E-state index in [0.717, 1.165) is 28.0 Å². The van der Waals surface area contributed by atoms with Crippen molar-refractivity contribution in [2.45, 2.75) is 31.4 Å². The lowest BCUT2D eigenvalue weighted by atomic mass is 9.93. The van der Waals surface area contributed by atoms with Crippen LogP contribution in [-0.4, -0.2) is 49.5 Å². The van der Waals surface area contributed by atoms with Crippen molar-refractivity contribution in [3.8, 4) is 11.1 Å². The summed E-state index contributed by atoms with van der Waals surface area (Å²) in [7, 11) is 0. The fourth-order valence-electron chi connectivity index (χ4n) is 4.51. The lowest BCUT2D eigenvalue weighted by molar-refractivity contribution is 0.0370. The topological polar surface area (TPSA) is 61.8 Å². The zero-order valence-electron chi connectivity index (χ0n) is 17.4. The molecule has 0 amide bonds. The summed E-state index contributed by atoms with van der Waals surface area (Å²) in [5.74, 6) is -1.03. The van der Waals surface area contributed by atoms with Crippen LogP contribution >= 0.6 is 22.9 Å². The third kappa shape index (κ3) is 4.10. The first-order chi connectivity index (χ1) is 15.5. The minimum absolute atomic E-state index is 0.0538. The van der Waals surface area contributed by atoms with E-state index < -0.39 is 5.97 Å². The van der Waals surface area contributed by atoms with E-state index in [0.29, 0.717) is 47.6 Å². The second-order valence-electron chi connectivity index (χ2n) is 8.37. The molecule has 2 aliphatic rings. The van der Waals surface area contributed by atoms with Crippen LogP contribution in [0.5, 0.6) is 0 Å². The summed E-state index contributed by atoms with van der Waals surface area (Å²) in [6.45, 7) is 2.31. The maximum atomic E-state index is 15.2. The summed E-state index contributed by atoms with van der Waals surface area (Å²) in [5, 5.41) is 14.4. The number of nitrogens with one attached hydrogen (secondary N) is 1. The first kappa shape index (κ1) is 21.6. The van der Waals surface area contributed by atoms with Crippen molar-refractivity contribution in [3.63, 3.8) is 0 Å². The van der Waals surface area contributed by atoms with Crippen molar-refractivity contribution in [1.82, 2.24) is 5.32 Å². The minimum Gasteiger partial charge on any atom is -0.478 e. The van der Waals surface area contributed by atoms with Crippen molar-refractivity contribution in [3.05, 3.63) is 52.1 Å². The molecule has 32 heavy (non-hydrogen) atoms. The van der Waals surface area contributed by atoms with E-state index in [-0.39, 0.29) is 16.8 Å². The van der Waals surface area contributed by atoms with Gasteiger partial charge in [0.25, 0.3) is 0 Å². The van der Waals surface area contributed by atoms with Crippen LogP contribution in [0.4, 0.5) is 10.1 Å². The number of hydrogen-bond acceptors (Lipinski definition) is 5. The van der Waals surface area contributed by atoms with Gasteiger partial charge in [0.05, 0.1) is 24.0 Å². The molecule has 1 saturated heterocycles. The number of aromatic carboxylic acids is 1. The van der Waals surface area contributed by atoms with Gasteiger partial charge in [0, 0.05) is 51.9 Å². The largest absolute Gasteiger partial charge is 0.478 e. The van der Waals surface area contributed by atoms with E-state index in [2.05, 4.69) is 5.32 Å². The first-order valence-electron chi connectivity index (χ1n) is 10.9. The number of hydrogen-bond donors (Lipinski definition) is 2. The number of thiophene rings is 1. The molecule has 0 bridgehead atoms. The molecule has 0 radical (unpaired) electrons. The third-order valence-corrected chi connectivity index (χ3v) is 7.52. The summed E-state index contributed by atoms with van der Waals surface area (Å²) < 4.78 is 21.9. The van der Waals surface area contributed by atoms with Gasteiger partial charge in [-0.1, -0.05) is 36.2 Å². The average Bonchev–Trinajstić information content (AvgIpc) is 3.06. The Morgan fingerprint density at radius 2 is 2.16 bits per heavy atom. The number of rotatable bonds is 6. The van der Waals surface area contributed by atoms with Crippen molar-refractivity contribution >= 4 is 44.7 Å². The Morgan fingerprint density at radius 1 is 1.31 bits per heavy atom. The molecule has 0 spiro atoms. The van der Waals surface area contributed by atoms with Crippen LogP contribution in [0.25, 0.3) is 21.2 Å². The van der Waals surface area contributed by atoms with Gasteiger partial charge in [-0.25, -0.2) is 4.79 Å². The Hall–Kier alpha value is -2.19. The Bertz CT molecular complexity index is 1160. The van der Waals surface area contributed by atoms with Crippen LogP contribution in [0, 0.1) is 5.13 Å². The Morgan fingerprint density at radius 3 is 2.91 bits per heavy atom. The van der Waals surface area contributed by atoms with Crippen LogP contribution in [-0.2, 0) is 4.74 Å². The molecular formula is C24H24ClFN2O3S. The number of halogens is 2. The summed E-state index contributed by atoms with van der Waals surface area (Å²) in [5.41, 5.74) is 1.73. The molecule has 2 aromatic carbocycles. The monoisotopic (exact) mass is 474 g/mol. The number of carboxylic acids is 1. The molecule has 5 nitrogen and oxygen atoms in total.